The van der Waals surface area contributed by atoms with Gasteiger partial charge in [0, 0.05) is 58.8 Å². The van der Waals surface area contributed by atoms with E-state index in [2.05, 4.69) is 23.6 Å². The van der Waals surface area contributed by atoms with E-state index in [9.17, 15) is 4.79 Å². The molecule has 1 aliphatic rings. The van der Waals surface area contributed by atoms with Crippen LogP contribution in [0.2, 0.25) is 0 Å². The van der Waals surface area contributed by atoms with Gasteiger partial charge in [0.2, 0.25) is 5.91 Å². The van der Waals surface area contributed by atoms with Gasteiger partial charge in [0.15, 0.2) is 0 Å². The number of nitrogens with zero attached hydrogens (tertiary/aromatic N) is 3. The summed E-state index contributed by atoms with van der Waals surface area (Å²) in [5.74, 6) is 0.236. The van der Waals surface area contributed by atoms with E-state index < -0.39 is 0 Å². The highest BCUT2D eigenvalue weighted by molar-refractivity contribution is 5.76. The summed E-state index contributed by atoms with van der Waals surface area (Å²) in [5.41, 5.74) is 5.45. The lowest BCUT2D eigenvalue weighted by atomic mass is 10.2. The van der Waals surface area contributed by atoms with E-state index in [1.54, 1.807) is 4.90 Å². The predicted octanol–water partition coefficient (Wildman–Crippen LogP) is 0.210. The standard InChI is InChI=1S/C14H30N4O/c1-13(2)18-11-9-17(10-12-18)8-5-14(19)16(3)7-4-6-15/h13H,4-12,15H2,1-3H3. The highest BCUT2D eigenvalue weighted by Gasteiger charge is 2.19. The van der Waals surface area contributed by atoms with Crippen molar-refractivity contribution in [3.63, 3.8) is 0 Å². The van der Waals surface area contributed by atoms with E-state index >= 15 is 0 Å². The summed E-state index contributed by atoms with van der Waals surface area (Å²) in [6, 6.07) is 0.631. The molecular weight excluding hydrogens is 240 g/mol. The van der Waals surface area contributed by atoms with Gasteiger partial charge in [-0.05, 0) is 26.8 Å². The van der Waals surface area contributed by atoms with Crippen molar-refractivity contribution in [2.24, 2.45) is 5.73 Å². The van der Waals surface area contributed by atoms with Crippen LogP contribution >= 0.6 is 0 Å². The summed E-state index contributed by atoms with van der Waals surface area (Å²) in [4.78, 5) is 18.6. The van der Waals surface area contributed by atoms with E-state index in [1.807, 2.05) is 7.05 Å². The van der Waals surface area contributed by atoms with Gasteiger partial charge in [0.1, 0.15) is 0 Å². The van der Waals surface area contributed by atoms with Crippen LogP contribution in [0.15, 0.2) is 0 Å². The van der Waals surface area contributed by atoms with E-state index in [1.165, 1.54) is 0 Å². The lowest BCUT2D eigenvalue weighted by molar-refractivity contribution is -0.130. The normalized spacial score (nSPS) is 17.9. The molecule has 1 rings (SSSR count). The van der Waals surface area contributed by atoms with Crippen LogP contribution in [-0.4, -0.2) is 79.5 Å². The molecule has 1 fully saturated rings. The van der Waals surface area contributed by atoms with Crippen molar-refractivity contribution in [2.75, 3.05) is 52.9 Å². The minimum Gasteiger partial charge on any atom is -0.346 e. The molecule has 0 aromatic heterocycles. The van der Waals surface area contributed by atoms with Gasteiger partial charge < -0.3 is 15.5 Å². The Morgan fingerprint density at radius 2 is 1.89 bits per heavy atom. The Morgan fingerprint density at radius 3 is 2.42 bits per heavy atom. The number of rotatable bonds is 7. The zero-order chi connectivity index (χ0) is 14.3. The minimum absolute atomic E-state index is 0.236. The maximum atomic E-state index is 11.9. The summed E-state index contributed by atoms with van der Waals surface area (Å²) < 4.78 is 0. The molecule has 0 aliphatic carbocycles. The third-order valence-electron chi connectivity index (χ3n) is 3.90. The summed E-state index contributed by atoms with van der Waals surface area (Å²) in [5, 5.41) is 0. The Hall–Kier alpha value is -0.650. The van der Waals surface area contributed by atoms with Crippen LogP contribution in [0, 0.1) is 0 Å². The molecule has 1 aliphatic heterocycles. The van der Waals surface area contributed by atoms with Gasteiger partial charge in [-0.25, -0.2) is 0 Å². The van der Waals surface area contributed by atoms with Crippen LogP contribution in [0.5, 0.6) is 0 Å². The smallest absolute Gasteiger partial charge is 0.223 e. The van der Waals surface area contributed by atoms with E-state index in [4.69, 9.17) is 5.73 Å². The van der Waals surface area contributed by atoms with Gasteiger partial charge in [-0.15, -0.1) is 0 Å². The summed E-state index contributed by atoms with van der Waals surface area (Å²) in [6.45, 7) is 11.2. The average Bonchev–Trinajstić information content (AvgIpc) is 2.42. The predicted molar refractivity (Wildman–Crippen MR) is 79.1 cm³/mol. The first-order valence-electron chi connectivity index (χ1n) is 7.45. The van der Waals surface area contributed by atoms with Crippen LogP contribution < -0.4 is 5.73 Å². The Morgan fingerprint density at radius 1 is 1.26 bits per heavy atom. The van der Waals surface area contributed by atoms with Gasteiger partial charge >= 0.3 is 0 Å². The number of nitrogens with two attached hydrogens (primary N) is 1. The SMILES string of the molecule is CC(C)N1CCN(CCC(=O)N(C)CCCN)CC1. The molecule has 2 N–H and O–H groups in total. The molecule has 0 spiro atoms. The molecule has 0 aromatic rings. The molecule has 0 saturated carbocycles. The lowest BCUT2D eigenvalue weighted by Gasteiger charge is -2.37. The van der Waals surface area contributed by atoms with Crippen LogP contribution in [0.1, 0.15) is 26.7 Å². The molecule has 19 heavy (non-hydrogen) atoms. The molecule has 112 valence electrons. The van der Waals surface area contributed by atoms with E-state index in [0.29, 0.717) is 19.0 Å². The Bertz CT molecular complexity index is 262. The van der Waals surface area contributed by atoms with Crippen molar-refractivity contribution in [2.45, 2.75) is 32.7 Å². The minimum atomic E-state index is 0.236. The second-order valence-electron chi connectivity index (χ2n) is 5.68. The van der Waals surface area contributed by atoms with E-state index in [-0.39, 0.29) is 5.91 Å². The second-order valence-corrected chi connectivity index (χ2v) is 5.68. The van der Waals surface area contributed by atoms with Crippen molar-refractivity contribution in [1.29, 1.82) is 0 Å². The zero-order valence-electron chi connectivity index (χ0n) is 12.8. The molecule has 0 unspecified atom stereocenters. The van der Waals surface area contributed by atoms with Crippen LogP contribution in [0.4, 0.5) is 0 Å². The zero-order valence-corrected chi connectivity index (χ0v) is 12.8. The first kappa shape index (κ1) is 16.4. The fourth-order valence-electron chi connectivity index (χ4n) is 2.40. The largest absolute Gasteiger partial charge is 0.346 e. The molecule has 1 heterocycles. The van der Waals surface area contributed by atoms with Gasteiger partial charge in [0.05, 0.1) is 0 Å². The topological polar surface area (TPSA) is 52.8 Å². The van der Waals surface area contributed by atoms with Gasteiger partial charge in [-0.3, -0.25) is 9.69 Å². The van der Waals surface area contributed by atoms with Crippen molar-refractivity contribution < 1.29 is 4.79 Å². The molecule has 5 nitrogen and oxygen atoms in total. The second kappa shape index (κ2) is 8.51. The molecule has 0 aromatic carbocycles. The number of hydrogen-bond donors (Lipinski definition) is 1. The Labute approximate surface area is 117 Å². The van der Waals surface area contributed by atoms with Crippen LogP contribution in [-0.2, 0) is 4.79 Å². The first-order chi connectivity index (χ1) is 9.04. The van der Waals surface area contributed by atoms with Crippen molar-refractivity contribution in [1.82, 2.24) is 14.7 Å². The highest BCUT2D eigenvalue weighted by Crippen LogP contribution is 2.06. The molecule has 1 saturated heterocycles. The number of amides is 1. The van der Waals surface area contributed by atoms with Crippen molar-refractivity contribution in [3.8, 4) is 0 Å². The van der Waals surface area contributed by atoms with Crippen molar-refractivity contribution in [3.05, 3.63) is 0 Å². The number of piperazine rings is 1. The highest BCUT2D eigenvalue weighted by atomic mass is 16.2. The monoisotopic (exact) mass is 270 g/mol. The van der Waals surface area contributed by atoms with Gasteiger partial charge in [-0.1, -0.05) is 0 Å². The van der Waals surface area contributed by atoms with Crippen molar-refractivity contribution >= 4 is 5.91 Å². The summed E-state index contributed by atoms with van der Waals surface area (Å²) >= 11 is 0. The first-order valence-corrected chi connectivity index (χ1v) is 7.45. The summed E-state index contributed by atoms with van der Waals surface area (Å²) in [6.07, 6.45) is 1.51. The molecule has 0 bridgehead atoms. The van der Waals surface area contributed by atoms with Crippen LogP contribution in [0.25, 0.3) is 0 Å². The fraction of sp³-hybridized carbons (Fsp3) is 0.929. The molecule has 5 heteroatoms. The fourth-order valence-corrected chi connectivity index (χ4v) is 2.40. The van der Waals surface area contributed by atoms with Crippen LogP contribution in [0.3, 0.4) is 0 Å². The quantitative estimate of drug-likeness (QED) is 0.718. The maximum absolute atomic E-state index is 11.9. The average molecular weight is 270 g/mol. The Balaban J connectivity index is 2.18. The molecule has 1 amide bonds. The number of hydrogen-bond acceptors (Lipinski definition) is 4. The number of carbonyl (C=O) groups excluding carboxylic acids is 1. The van der Waals surface area contributed by atoms with Gasteiger partial charge in [0.25, 0.3) is 0 Å². The summed E-state index contributed by atoms with van der Waals surface area (Å²) in [7, 11) is 1.87. The third-order valence-corrected chi connectivity index (χ3v) is 3.90. The molecular formula is C14H30N4O. The third kappa shape index (κ3) is 5.89. The number of carbonyl (C=O) groups is 1. The van der Waals surface area contributed by atoms with E-state index in [0.717, 1.165) is 45.7 Å². The van der Waals surface area contributed by atoms with Gasteiger partial charge in [-0.2, -0.15) is 0 Å². The molecule has 0 atom stereocenters. The maximum Gasteiger partial charge on any atom is 0.223 e. The Kier molecular flexibility index (Phi) is 7.34. The molecule has 0 radical (unpaired) electrons. The lowest BCUT2D eigenvalue weighted by Crippen LogP contribution is -2.49.